The van der Waals surface area contributed by atoms with Crippen molar-refractivity contribution < 1.29 is 50.5 Å². The minimum atomic E-state index is -6.01. The van der Waals surface area contributed by atoms with Crippen LogP contribution in [0.25, 0.3) is 0 Å². The highest BCUT2D eigenvalue weighted by Gasteiger charge is 2.71. The van der Waals surface area contributed by atoms with E-state index in [-0.39, 0.29) is 42.6 Å². The number of hydrogen-bond acceptors (Lipinski definition) is 7. The van der Waals surface area contributed by atoms with Crippen LogP contribution in [0.5, 0.6) is 17.2 Å². The van der Waals surface area contributed by atoms with Gasteiger partial charge in [0.1, 0.15) is 17.2 Å². The zero-order valence-electron chi connectivity index (χ0n) is 25.3. The molecule has 3 amide bonds. The van der Waals surface area contributed by atoms with E-state index in [1.807, 2.05) is 13.8 Å². The van der Waals surface area contributed by atoms with Gasteiger partial charge in [0.2, 0.25) is 0 Å². The summed E-state index contributed by atoms with van der Waals surface area (Å²) in [4.78, 5) is 35.6. The number of pyridine rings is 2. The minimum absolute atomic E-state index is 0.00850. The van der Waals surface area contributed by atoms with Crippen LogP contribution in [0.3, 0.4) is 0 Å². The number of urea groups is 1. The second kappa shape index (κ2) is 12.8. The van der Waals surface area contributed by atoms with Gasteiger partial charge in [0.15, 0.2) is 5.54 Å². The van der Waals surface area contributed by atoms with Crippen LogP contribution in [0.2, 0.25) is 0 Å². The molecular formula is C31H32F6N4O5. The lowest BCUT2D eigenvalue weighted by atomic mass is 9.90. The summed E-state index contributed by atoms with van der Waals surface area (Å²) in [6.45, 7) is 6.94. The first-order valence-corrected chi connectivity index (χ1v) is 14.3. The number of hydrogen-bond donors (Lipinski definition) is 2. The molecule has 3 heterocycles. The van der Waals surface area contributed by atoms with E-state index >= 15 is 0 Å². The first-order chi connectivity index (χ1) is 21.4. The summed E-state index contributed by atoms with van der Waals surface area (Å²) in [5.41, 5.74) is -6.99. The third kappa shape index (κ3) is 6.73. The normalized spacial score (nSPS) is 17.4. The molecule has 0 bridgehead atoms. The summed E-state index contributed by atoms with van der Waals surface area (Å²) in [5.74, 6) is 0.137. The number of nitrogens with zero attached hydrogens (tertiary/aromatic N) is 3. The van der Waals surface area contributed by atoms with Crippen LogP contribution in [-0.4, -0.2) is 56.9 Å². The van der Waals surface area contributed by atoms with Crippen molar-refractivity contribution in [3.05, 3.63) is 77.4 Å². The van der Waals surface area contributed by atoms with Gasteiger partial charge in [-0.25, -0.2) is 4.79 Å². The number of aliphatic hydroxyl groups is 1. The first kappa shape index (κ1) is 34.5. The van der Waals surface area contributed by atoms with E-state index in [1.165, 1.54) is 18.5 Å². The van der Waals surface area contributed by atoms with Gasteiger partial charge in [0.05, 0.1) is 24.2 Å². The maximum Gasteiger partial charge on any atom is 0.430 e. The Kier molecular flexibility index (Phi) is 9.57. The van der Waals surface area contributed by atoms with E-state index in [1.54, 1.807) is 32.0 Å². The summed E-state index contributed by atoms with van der Waals surface area (Å²) in [6.07, 6.45) is -8.72. The maximum absolute atomic E-state index is 13.4. The number of amides is 3. The van der Waals surface area contributed by atoms with Crippen molar-refractivity contribution in [2.45, 2.75) is 76.6 Å². The standard InChI is InChI=1S/C31H32F6N4O5/c1-5-6-19-15-20(29(44,30(32,33)34)31(35,36)37)7-11-24(19)46-23-9-8-21(38-16-23)13-14-41-26(42)28(4,40-27(41)43)25-12-10-22(17-39-25)45-18(2)3/h7-12,15-18,44H,5-6,13-14H2,1-4H3,(H,40,43). The molecule has 0 saturated carbocycles. The fourth-order valence-corrected chi connectivity index (χ4v) is 4.92. The van der Waals surface area contributed by atoms with Gasteiger partial charge in [0.25, 0.3) is 11.5 Å². The molecule has 1 unspecified atom stereocenters. The molecule has 3 aromatic rings. The summed E-state index contributed by atoms with van der Waals surface area (Å²) >= 11 is 0. The van der Waals surface area contributed by atoms with Crippen LogP contribution in [0.1, 0.15) is 56.6 Å². The van der Waals surface area contributed by atoms with Crippen molar-refractivity contribution in [2.75, 3.05) is 6.54 Å². The lowest BCUT2D eigenvalue weighted by Gasteiger charge is -2.33. The Bertz CT molecular complexity index is 1550. The number of rotatable bonds is 11. The van der Waals surface area contributed by atoms with Gasteiger partial charge < -0.3 is 19.9 Å². The molecule has 0 aliphatic carbocycles. The van der Waals surface area contributed by atoms with Crippen molar-refractivity contribution in [3.63, 3.8) is 0 Å². The summed E-state index contributed by atoms with van der Waals surface area (Å²) in [7, 11) is 0. The van der Waals surface area contributed by atoms with E-state index in [4.69, 9.17) is 9.47 Å². The minimum Gasteiger partial charge on any atom is -0.489 e. The summed E-state index contributed by atoms with van der Waals surface area (Å²) < 4.78 is 91.7. The van der Waals surface area contributed by atoms with Crippen LogP contribution >= 0.6 is 0 Å². The number of nitrogens with one attached hydrogen (secondary N) is 1. The molecule has 1 saturated heterocycles. The van der Waals surface area contributed by atoms with E-state index < -0.39 is 41.0 Å². The number of carbonyl (C=O) groups is 2. The second-order valence-corrected chi connectivity index (χ2v) is 11.2. The van der Waals surface area contributed by atoms with E-state index in [0.717, 1.165) is 11.0 Å². The SMILES string of the molecule is CCCc1cc(C(O)(C(F)(F)F)C(F)(F)F)ccc1Oc1ccc(CCN2C(=O)NC(C)(c3ccc(OC(C)C)cn3)C2=O)nc1. The van der Waals surface area contributed by atoms with E-state index in [2.05, 4.69) is 15.3 Å². The van der Waals surface area contributed by atoms with Crippen LogP contribution in [0.4, 0.5) is 31.1 Å². The Morgan fingerprint density at radius 1 is 0.935 bits per heavy atom. The fraction of sp³-hybridized carbons (Fsp3) is 0.419. The molecule has 0 radical (unpaired) electrons. The quantitative estimate of drug-likeness (QED) is 0.184. The molecule has 1 atom stereocenters. The van der Waals surface area contributed by atoms with Crippen molar-refractivity contribution in [3.8, 4) is 17.2 Å². The maximum atomic E-state index is 13.4. The molecule has 1 aliphatic rings. The van der Waals surface area contributed by atoms with Gasteiger partial charge in [-0.3, -0.25) is 19.7 Å². The van der Waals surface area contributed by atoms with Crippen LogP contribution < -0.4 is 14.8 Å². The Morgan fingerprint density at radius 3 is 2.13 bits per heavy atom. The molecule has 9 nitrogen and oxygen atoms in total. The molecule has 46 heavy (non-hydrogen) atoms. The van der Waals surface area contributed by atoms with Crippen molar-refractivity contribution in [1.82, 2.24) is 20.2 Å². The number of carbonyl (C=O) groups excluding carboxylic acids is 2. The lowest BCUT2D eigenvalue weighted by molar-refractivity contribution is -0.376. The van der Waals surface area contributed by atoms with Crippen LogP contribution in [0, 0.1) is 0 Å². The monoisotopic (exact) mass is 654 g/mol. The average molecular weight is 655 g/mol. The molecule has 1 aromatic carbocycles. The number of aryl methyl sites for hydroxylation is 1. The molecule has 2 aromatic heterocycles. The zero-order valence-corrected chi connectivity index (χ0v) is 25.3. The molecule has 15 heteroatoms. The molecule has 248 valence electrons. The second-order valence-electron chi connectivity index (χ2n) is 11.2. The molecule has 1 fully saturated rings. The third-order valence-electron chi connectivity index (χ3n) is 7.33. The first-order valence-electron chi connectivity index (χ1n) is 14.3. The summed E-state index contributed by atoms with van der Waals surface area (Å²) in [5, 5.41) is 12.5. The fourth-order valence-electron chi connectivity index (χ4n) is 4.92. The zero-order chi connectivity index (χ0) is 34.1. The van der Waals surface area contributed by atoms with E-state index in [0.29, 0.717) is 35.7 Å². The number of benzene rings is 1. The number of imide groups is 1. The number of ether oxygens (including phenoxy) is 2. The Labute approximate surface area is 260 Å². The van der Waals surface area contributed by atoms with Crippen LogP contribution in [-0.2, 0) is 28.8 Å². The highest BCUT2D eigenvalue weighted by atomic mass is 19.4. The van der Waals surface area contributed by atoms with Crippen molar-refractivity contribution in [2.24, 2.45) is 0 Å². The number of aromatic nitrogens is 2. The van der Waals surface area contributed by atoms with Crippen LogP contribution in [0.15, 0.2) is 54.9 Å². The Hall–Kier alpha value is -4.40. The third-order valence-corrected chi connectivity index (χ3v) is 7.33. The topological polar surface area (TPSA) is 114 Å². The smallest absolute Gasteiger partial charge is 0.430 e. The molecule has 0 spiro atoms. The molecule has 1 aliphatic heterocycles. The number of halogens is 6. The van der Waals surface area contributed by atoms with Gasteiger partial charge >= 0.3 is 18.4 Å². The molecule has 2 N–H and O–H groups in total. The molecular weight excluding hydrogens is 622 g/mol. The van der Waals surface area contributed by atoms with Crippen molar-refractivity contribution >= 4 is 11.9 Å². The highest BCUT2D eigenvalue weighted by molar-refractivity contribution is 6.07. The van der Waals surface area contributed by atoms with Gasteiger partial charge in [-0.05, 0) is 69.2 Å². The Balaban J connectivity index is 1.45. The van der Waals surface area contributed by atoms with Gasteiger partial charge in [-0.1, -0.05) is 19.4 Å². The van der Waals surface area contributed by atoms with Gasteiger partial charge in [0, 0.05) is 24.2 Å². The molecule has 4 rings (SSSR count). The average Bonchev–Trinajstić information content (AvgIpc) is 3.19. The Morgan fingerprint density at radius 2 is 1.59 bits per heavy atom. The van der Waals surface area contributed by atoms with E-state index in [9.17, 15) is 41.0 Å². The predicted molar refractivity (Wildman–Crippen MR) is 152 cm³/mol. The van der Waals surface area contributed by atoms with Crippen molar-refractivity contribution in [1.29, 1.82) is 0 Å². The van der Waals surface area contributed by atoms with Gasteiger partial charge in [-0.2, -0.15) is 26.3 Å². The lowest BCUT2D eigenvalue weighted by Crippen LogP contribution is -2.53. The summed E-state index contributed by atoms with van der Waals surface area (Å²) in [6, 6.07) is 7.77. The number of alkyl halides is 6. The predicted octanol–water partition coefficient (Wildman–Crippen LogP) is 6.33. The largest absolute Gasteiger partial charge is 0.489 e. The van der Waals surface area contributed by atoms with Gasteiger partial charge in [-0.15, -0.1) is 0 Å². The highest BCUT2D eigenvalue weighted by Crippen LogP contribution is 2.50.